The highest BCUT2D eigenvalue weighted by molar-refractivity contribution is 6.38. The summed E-state index contributed by atoms with van der Waals surface area (Å²) in [6.07, 6.45) is 1.24. The fourth-order valence-electron chi connectivity index (χ4n) is 2.33. The number of carbonyl (C=O) groups excluding carboxylic acids is 1. The number of halogens is 3. The summed E-state index contributed by atoms with van der Waals surface area (Å²) >= 11 is 11.9. The van der Waals surface area contributed by atoms with Gasteiger partial charge in [-0.05, 0) is 36.8 Å². The minimum absolute atomic E-state index is 0.217. The number of hydrogen-bond acceptors (Lipinski definition) is 3. The molecule has 2 aromatic carbocycles. The van der Waals surface area contributed by atoms with E-state index in [2.05, 4.69) is 10.3 Å². The monoisotopic (exact) mass is 379 g/mol. The predicted octanol–water partition coefficient (Wildman–Crippen LogP) is 3.79. The molecule has 0 aliphatic carbocycles. The second-order valence-corrected chi connectivity index (χ2v) is 6.32. The number of nitrogens with one attached hydrogen (secondary N) is 1. The lowest BCUT2D eigenvalue weighted by Gasteiger charge is -2.09. The molecular formula is C17H12Cl2FN3O2. The summed E-state index contributed by atoms with van der Waals surface area (Å²) in [5, 5.41) is 3.31. The van der Waals surface area contributed by atoms with Gasteiger partial charge in [-0.2, -0.15) is 0 Å². The van der Waals surface area contributed by atoms with Gasteiger partial charge >= 0.3 is 0 Å². The molecule has 5 nitrogen and oxygen atoms in total. The van der Waals surface area contributed by atoms with Crippen LogP contribution < -0.4 is 10.9 Å². The molecule has 0 saturated carbocycles. The standard InChI is InChI=1S/C17H12Cl2FN3O2/c1-9-2-3-11(6-14(9)20)22-15(24)7-23-8-21-16-12(17(23)25)4-10(18)5-13(16)19/h2-6,8H,7H2,1H3,(H,22,24). The van der Waals surface area contributed by atoms with Crippen molar-refractivity contribution in [2.24, 2.45) is 0 Å². The van der Waals surface area contributed by atoms with E-state index >= 15 is 0 Å². The van der Waals surface area contributed by atoms with Crippen molar-refractivity contribution in [2.75, 3.05) is 5.32 Å². The molecular weight excluding hydrogens is 368 g/mol. The number of amides is 1. The van der Waals surface area contributed by atoms with Gasteiger partial charge in [0.05, 0.1) is 22.3 Å². The first kappa shape index (κ1) is 17.4. The van der Waals surface area contributed by atoms with Gasteiger partial charge in [-0.1, -0.05) is 29.3 Å². The molecule has 3 rings (SSSR count). The lowest BCUT2D eigenvalue weighted by Crippen LogP contribution is -2.28. The van der Waals surface area contributed by atoms with Gasteiger partial charge in [-0.25, -0.2) is 9.37 Å². The van der Waals surface area contributed by atoms with E-state index in [1.807, 2.05) is 0 Å². The maximum atomic E-state index is 13.5. The van der Waals surface area contributed by atoms with Crippen LogP contribution in [0.4, 0.5) is 10.1 Å². The molecule has 128 valence electrons. The largest absolute Gasteiger partial charge is 0.324 e. The molecule has 0 aliphatic rings. The Bertz CT molecular complexity index is 1050. The number of hydrogen-bond donors (Lipinski definition) is 1. The Morgan fingerprint density at radius 3 is 2.76 bits per heavy atom. The first-order valence-corrected chi connectivity index (χ1v) is 8.01. The topological polar surface area (TPSA) is 64.0 Å². The molecule has 1 heterocycles. The van der Waals surface area contributed by atoms with Crippen LogP contribution in [0, 0.1) is 12.7 Å². The number of benzene rings is 2. The fourth-order valence-corrected chi connectivity index (χ4v) is 2.88. The highest BCUT2D eigenvalue weighted by atomic mass is 35.5. The van der Waals surface area contributed by atoms with Crippen LogP contribution in [0.1, 0.15) is 5.56 Å². The maximum Gasteiger partial charge on any atom is 0.261 e. The molecule has 0 bridgehead atoms. The highest BCUT2D eigenvalue weighted by Crippen LogP contribution is 2.24. The SMILES string of the molecule is Cc1ccc(NC(=O)Cn2cnc3c(Cl)cc(Cl)cc3c2=O)cc1F. The van der Waals surface area contributed by atoms with E-state index < -0.39 is 17.3 Å². The number of fused-ring (bicyclic) bond motifs is 1. The van der Waals surface area contributed by atoms with E-state index in [9.17, 15) is 14.0 Å². The van der Waals surface area contributed by atoms with Crippen LogP contribution in [0.3, 0.4) is 0 Å². The van der Waals surface area contributed by atoms with Crippen molar-refractivity contribution in [3.05, 3.63) is 68.4 Å². The van der Waals surface area contributed by atoms with Gasteiger partial charge in [0.2, 0.25) is 5.91 Å². The van der Waals surface area contributed by atoms with Crippen molar-refractivity contribution in [3.8, 4) is 0 Å². The molecule has 25 heavy (non-hydrogen) atoms. The summed E-state index contributed by atoms with van der Waals surface area (Å²) in [6, 6.07) is 7.28. The number of rotatable bonds is 3. The van der Waals surface area contributed by atoms with Crippen LogP contribution in [0.15, 0.2) is 41.5 Å². The molecule has 0 atom stereocenters. The van der Waals surface area contributed by atoms with Crippen molar-refractivity contribution in [1.29, 1.82) is 0 Å². The maximum absolute atomic E-state index is 13.5. The summed E-state index contributed by atoms with van der Waals surface area (Å²) in [6.45, 7) is 1.35. The van der Waals surface area contributed by atoms with E-state index in [0.29, 0.717) is 21.8 Å². The Balaban J connectivity index is 1.87. The van der Waals surface area contributed by atoms with Crippen LogP contribution in [0.25, 0.3) is 10.9 Å². The Hall–Kier alpha value is -2.44. The van der Waals surface area contributed by atoms with Crippen molar-refractivity contribution in [1.82, 2.24) is 9.55 Å². The third kappa shape index (κ3) is 3.65. The molecule has 8 heteroatoms. The Morgan fingerprint density at radius 2 is 2.04 bits per heavy atom. The Labute approximate surface area is 152 Å². The molecule has 0 saturated heterocycles. The summed E-state index contributed by atoms with van der Waals surface area (Å²) in [4.78, 5) is 28.7. The molecule has 1 N–H and O–H groups in total. The fraction of sp³-hybridized carbons (Fsp3) is 0.118. The smallest absolute Gasteiger partial charge is 0.261 e. The van der Waals surface area contributed by atoms with Crippen molar-refractivity contribution in [3.63, 3.8) is 0 Å². The minimum Gasteiger partial charge on any atom is -0.324 e. The zero-order valence-corrected chi connectivity index (χ0v) is 14.5. The molecule has 0 aliphatic heterocycles. The normalized spacial score (nSPS) is 10.9. The minimum atomic E-state index is -0.486. The number of aromatic nitrogens is 2. The lowest BCUT2D eigenvalue weighted by atomic mass is 10.2. The average Bonchev–Trinajstić information content (AvgIpc) is 2.54. The number of carbonyl (C=O) groups is 1. The molecule has 0 radical (unpaired) electrons. The van der Waals surface area contributed by atoms with E-state index in [1.54, 1.807) is 19.1 Å². The van der Waals surface area contributed by atoms with Gasteiger partial charge in [0.15, 0.2) is 0 Å². The highest BCUT2D eigenvalue weighted by Gasteiger charge is 2.12. The lowest BCUT2D eigenvalue weighted by molar-refractivity contribution is -0.116. The molecule has 0 fully saturated rings. The van der Waals surface area contributed by atoms with Crippen LogP contribution in [0.5, 0.6) is 0 Å². The van der Waals surface area contributed by atoms with Gasteiger partial charge in [-0.15, -0.1) is 0 Å². The molecule has 3 aromatic rings. The average molecular weight is 380 g/mol. The van der Waals surface area contributed by atoms with Crippen molar-refractivity contribution < 1.29 is 9.18 Å². The Morgan fingerprint density at radius 1 is 1.28 bits per heavy atom. The van der Waals surface area contributed by atoms with E-state index in [4.69, 9.17) is 23.2 Å². The summed E-state index contributed by atoms with van der Waals surface area (Å²) in [5.41, 5.74) is 0.649. The number of nitrogens with zero attached hydrogens (tertiary/aromatic N) is 2. The van der Waals surface area contributed by atoms with Crippen molar-refractivity contribution >= 4 is 45.7 Å². The number of anilines is 1. The van der Waals surface area contributed by atoms with E-state index in [1.165, 1.54) is 24.5 Å². The molecule has 0 unspecified atom stereocenters. The van der Waals surface area contributed by atoms with Crippen LogP contribution in [0.2, 0.25) is 10.0 Å². The summed E-state index contributed by atoms with van der Waals surface area (Å²) in [5.74, 6) is -0.911. The Kier molecular flexibility index (Phi) is 4.74. The third-order valence-corrected chi connectivity index (χ3v) is 4.12. The van der Waals surface area contributed by atoms with Gasteiger partial charge in [-0.3, -0.25) is 14.2 Å². The van der Waals surface area contributed by atoms with Crippen LogP contribution in [-0.4, -0.2) is 15.5 Å². The first-order valence-electron chi connectivity index (χ1n) is 7.25. The van der Waals surface area contributed by atoms with E-state index in [-0.39, 0.29) is 17.0 Å². The second-order valence-electron chi connectivity index (χ2n) is 5.47. The first-order chi connectivity index (χ1) is 11.8. The van der Waals surface area contributed by atoms with Gasteiger partial charge < -0.3 is 5.32 Å². The van der Waals surface area contributed by atoms with Gasteiger partial charge in [0, 0.05) is 10.7 Å². The zero-order chi connectivity index (χ0) is 18.1. The number of aryl methyl sites for hydroxylation is 1. The zero-order valence-electron chi connectivity index (χ0n) is 13.0. The summed E-state index contributed by atoms with van der Waals surface area (Å²) in [7, 11) is 0. The quantitative estimate of drug-likeness (QED) is 0.752. The van der Waals surface area contributed by atoms with E-state index in [0.717, 1.165) is 4.57 Å². The van der Waals surface area contributed by atoms with Crippen LogP contribution >= 0.6 is 23.2 Å². The van der Waals surface area contributed by atoms with Crippen LogP contribution in [-0.2, 0) is 11.3 Å². The van der Waals surface area contributed by atoms with Gasteiger partial charge in [0.25, 0.3) is 5.56 Å². The molecule has 1 aromatic heterocycles. The predicted molar refractivity (Wildman–Crippen MR) is 95.8 cm³/mol. The van der Waals surface area contributed by atoms with Gasteiger partial charge in [0.1, 0.15) is 12.4 Å². The molecule has 1 amide bonds. The second kappa shape index (κ2) is 6.82. The summed E-state index contributed by atoms with van der Waals surface area (Å²) < 4.78 is 14.7. The molecule has 0 spiro atoms. The van der Waals surface area contributed by atoms with Crippen molar-refractivity contribution in [2.45, 2.75) is 13.5 Å². The third-order valence-electron chi connectivity index (χ3n) is 3.62.